The van der Waals surface area contributed by atoms with Crippen molar-refractivity contribution in [3.05, 3.63) is 18.2 Å². The van der Waals surface area contributed by atoms with Crippen LogP contribution in [0.4, 0.5) is 0 Å². The second-order valence-corrected chi connectivity index (χ2v) is 3.12. The van der Waals surface area contributed by atoms with Gasteiger partial charge in [-0.15, -0.1) is 11.6 Å². The van der Waals surface area contributed by atoms with E-state index in [0.717, 1.165) is 0 Å². The van der Waals surface area contributed by atoms with Gasteiger partial charge >= 0.3 is 5.97 Å². The predicted molar refractivity (Wildman–Crippen MR) is 47.6 cm³/mol. The molecule has 0 saturated carbocycles. The van der Waals surface area contributed by atoms with Crippen molar-refractivity contribution in [2.45, 2.75) is 12.0 Å². The Bertz CT molecular complexity index is 288. The van der Waals surface area contributed by atoms with Gasteiger partial charge in [-0.25, -0.2) is 4.98 Å². The quantitative estimate of drug-likeness (QED) is 0.600. The zero-order valence-electron chi connectivity index (χ0n) is 6.83. The highest BCUT2D eigenvalue weighted by Crippen LogP contribution is 2.10. The minimum atomic E-state index is -1.42. The van der Waals surface area contributed by atoms with Gasteiger partial charge in [-0.2, -0.15) is 0 Å². The first-order valence-corrected chi connectivity index (χ1v) is 4.17. The lowest BCUT2D eigenvalue weighted by molar-refractivity contribution is -0.142. The molecule has 5 nitrogen and oxygen atoms in total. The number of hydrogen-bond acceptors (Lipinski definition) is 3. The van der Waals surface area contributed by atoms with Crippen molar-refractivity contribution in [3.8, 4) is 0 Å². The molecule has 1 aromatic rings. The molecule has 1 atom stereocenters. The van der Waals surface area contributed by atoms with Crippen LogP contribution in [0, 0.1) is 0 Å². The van der Waals surface area contributed by atoms with Gasteiger partial charge in [-0.1, -0.05) is 0 Å². The third kappa shape index (κ3) is 2.19. The van der Waals surface area contributed by atoms with Crippen molar-refractivity contribution in [3.63, 3.8) is 0 Å². The van der Waals surface area contributed by atoms with E-state index in [9.17, 15) is 4.79 Å². The average Bonchev–Trinajstić information content (AvgIpc) is 2.56. The van der Waals surface area contributed by atoms with Crippen molar-refractivity contribution >= 4 is 17.6 Å². The van der Waals surface area contributed by atoms with Gasteiger partial charge in [0.1, 0.15) is 5.54 Å². The molecule has 72 valence electrons. The number of nitrogens with zero attached hydrogens (tertiary/aromatic N) is 1. The first-order valence-electron chi connectivity index (χ1n) is 3.64. The predicted octanol–water partition coefficient (Wildman–Crippen LogP) is -0.0269. The van der Waals surface area contributed by atoms with Crippen molar-refractivity contribution in [1.82, 2.24) is 9.97 Å². The molecule has 0 aliphatic rings. The molecule has 6 heteroatoms. The SMILES string of the molecule is NC(CCl)(Cc1cnc[nH]1)C(=O)O. The summed E-state index contributed by atoms with van der Waals surface area (Å²) in [6.45, 7) is 0. The molecule has 1 unspecified atom stereocenters. The number of carbonyl (C=O) groups is 1. The minimum absolute atomic E-state index is 0.138. The van der Waals surface area contributed by atoms with Crippen LogP contribution in [0.5, 0.6) is 0 Å². The number of aromatic nitrogens is 2. The summed E-state index contributed by atoms with van der Waals surface area (Å²) in [5, 5.41) is 8.79. The topological polar surface area (TPSA) is 92.0 Å². The summed E-state index contributed by atoms with van der Waals surface area (Å²) in [5.41, 5.74) is 4.79. The van der Waals surface area contributed by atoms with Gasteiger partial charge in [0.15, 0.2) is 0 Å². The lowest BCUT2D eigenvalue weighted by Gasteiger charge is -2.20. The summed E-state index contributed by atoms with van der Waals surface area (Å²) in [6, 6.07) is 0. The first kappa shape index (κ1) is 10.0. The highest BCUT2D eigenvalue weighted by molar-refractivity contribution is 6.20. The van der Waals surface area contributed by atoms with Gasteiger partial charge < -0.3 is 15.8 Å². The zero-order valence-corrected chi connectivity index (χ0v) is 7.58. The maximum absolute atomic E-state index is 10.7. The molecule has 13 heavy (non-hydrogen) atoms. The molecule has 1 rings (SSSR count). The molecule has 0 bridgehead atoms. The van der Waals surface area contributed by atoms with E-state index >= 15 is 0 Å². The number of aromatic amines is 1. The normalized spacial score (nSPS) is 15.2. The number of halogens is 1. The second kappa shape index (κ2) is 3.76. The van der Waals surface area contributed by atoms with Crippen LogP contribution in [0.15, 0.2) is 12.5 Å². The third-order valence-corrected chi connectivity index (χ3v) is 2.20. The zero-order chi connectivity index (χ0) is 9.90. The maximum Gasteiger partial charge on any atom is 0.325 e. The Labute approximate surface area is 79.9 Å². The summed E-state index contributed by atoms with van der Waals surface area (Å²) in [7, 11) is 0. The van der Waals surface area contributed by atoms with E-state index in [0.29, 0.717) is 5.69 Å². The number of aliphatic carboxylic acids is 1. The largest absolute Gasteiger partial charge is 0.480 e. The van der Waals surface area contributed by atoms with Crippen molar-refractivity contribution < 1.29 is 9.90 Å². The number of carboxylic acids is 1. The Morgan fingerprint density at radius 2 is 2.54 bits per heavy atom. The second-order valence-electron chi connectivity index (χ2n) is 2.85. The smallest absolute Gasteiger partial charge is 0.325 e. The van der Waals surface area contributed by atoms with Crippen LogP contribution in [0.25, 0.3) is 0 Å². The number of nitrogens with two attached hydrogens (primary N) is 1. The van der Waals surface area contributed by atoms with E-state index in [1.807, 2.05) is 0 Å². The summed E-state index contributed by atoms with van der Waals surface area (Å²) in [4.78, 5) is 17.3. The summed E-state index contributed by atoms with van der Waals surface area (Å²) < 4.78 is 0. The standard InChI is InChI=1S/C7H10ClN3O2/c8-3-7(9,6(12)13)1-5-2-10-4-11-5/h2,4H,1,3,9H2,(H,10,11)(H,12,13). The van der Waals surface area contributed by atoms with E-state index in [1.54, 1.807) is 0 Å². The number of H-pyrrole nitrogens is 1. The number of hydrogen-bond donors (Lipinski definition) is 3. The molecule has 0 radical (unpaired) electrons. The van der Waals surface area contributed by atoms with Gasteiger partial charge in [-0.05, 0) is 0 Å². The van der Waals surface area contributed by atoms with E-state index in [2.05, 4.69) is 9.97 Å². The molecule has 0 fully saturated rings. The van der Waals surface area contributed by atoms with Crippen LogP contribution in [-0.4, -0.2) is 32.5 Å². The van der Waals surface area contributed by atoms with Crippen LogP contribution in [0.2, 0.25) is 0 Å². The van der Waals surface area contributed by atoms with Crippen LogP contribution < -0.4 is 5.73 Å². The van der Waals surface area contributed by atoms with Gasteiger partial charge in [0.05, 0.1) is 12.2 Å². The summed E-state index contributed by atoms with van der Waals surface area (Å²) >= 11 is 5.48. The van der Waals surface area contributed by atoms with Gasteiger partial charge in [-0.3, -0.25) is 4.79 Å². The molecule has 0 amide bonds. The number of nitrogens with one attached hydrogen (secondary N) is 1. The van der Waals surface area contributed by atoms with E-state index in [4.69, 9.17) is 22.4 Å². The molecule has 4 N–H and O–H groups in total. The molecule has 1 heterocycles. The Morgan fingerprint density at radius 1 is 1.85 bits per heavy atom. The molecule has 1 aromatic heterocycles. The molecular formula is C7H10ClN3O2. The number of rotatable bonds is 4. The van der Waals surface area contributed by atoms with Crippen LogP contribution >= 0.6 is 11.6 Å². The molecule has 0 aliphatic carbocycles. The van der Waals surface area contributed by atoms with Gasteiger partial charge in [0, 0.05) is 18.3 Å². The van der Waals surface area contributed by atoms with E-state index < -0.39 is 11.5 Å². The number of alkyl halides is 1. The summed E-state index contributed by atoms with van der Waals surface area (Å²) in [6.07, 6.45) is 3.13. The maximum atomic E-state index is 10.7. The lowest BCUT2D eigenvalue weighted by atomic mass is 9.98. The minimum Gasteiger partial charge on any atom is -0.480 e. The first-order chi connectivity index (χ1) is 6.08. The Morgan fingerprint density at radius 3 is 2.92 bits per heavy atom. The fraction of sp³-hybridized carbons (Fsp3) is 0.429. The molecule has 0 aromatic carbocycles. The van der Waals surface area contributed by atoms with Crippen LogP contribution in [-0.2, 0) is 11.2 Å². The van der Waals surface area contributed by atoms with E-state index in [1.165, 1.54) is 12.5 Å². The Kier molecular flexibility index (Phi) is 2.90. The highest BCUT2D eigenvalue weighted by Gasteiger charge is 2.33. The molecule has 0 spiro atoms. The van der Waals surface area contributed by atoms with Crippen molar-refractivity contribution in [1.29, 1.82) is 0 Å². The average molecular weight is 204 g/mol. The van der Waals surface area contributed by atoms with Crippen molar-refractivity contribution in [2.75, 3.05) is 5.88 Å². The lowest BCUT2D eigenvalue weighted by Crippen LogP contribution is -2.51. The molecule has 0 aliphatic heterocycles. The fourth-order valence-corrected chi connectivity index (χ4v) is 1.11. The summed E-state index contributed by atoms with van der Waals surface area (Å²) in [5.74, 6) is -1.25. The Hall–Kier alpha value is -1.07. The number of carboxylic acid groups (broad SMARTS) is 1. The van der Waals surface area contributed by atoms with Crippen molar-refractivity contribution in [2.24, 2.45) is 5.73 Å². The van der Waals surface area contributed by atoms with Gasteiger partial charge in [0.25, 0.3) is 0 Å². The highest BCUT2D eigenvalue weighted by atomic mass is 35.5. The molecular weight excluding hydrogens is 194 g/mol. The molecule has 0 saturated heterocycles. The fourth-order valence-electron chi connectivity index (χ4n) is 0.901. The Balaban J connectivity index is 2.75. The van der Waals surface area contributed by atoms with Crippen LogP contribution in [0.3, 0.4) is 0 Å². The number of imidazole rings is 1. The van der Waals surface area contributed by atoms with E-state index in [-0.39, 0.29) is 12.3 Å². The monoisotopic (exact) mass is 203 g/mol. The van der Waals surface area contributed by atoms with Gasteiger partial charge in [0.2, 0.25) is 0 Å². The van der Waals surface area contributed by atoms with Crippen LogP contribution in [0.1, 0.15) is 5.69 Å². The third-order valence-electron chi connectivity index (χ3n) is 1.73.